The van der Waals surface area contributed by atoms with Crippen LogP contribution in [-0.4, -0.2) is 82.1 Å². The van der Waals surface area contributed by atoms with Gasteiger partial charge in [0.1, 0.15) is 18.1 Å². The maximum absolute atomic E-state index is 12.8. The van der Waals surface area contributed by atoms with Crippen LogP contribution in [0.4, 0.5) is 0 Å². The highest BCUT2D eigenvalue weighted by atomic mass is 32.2. The van der Waals surface area contributed by atoms with Crippen LogP contribution >= 0.6 is 11.8 Å². The van der Waals surface area contributed by atoms with E-state index in [0.717, 1.165) is 0 Å². The van der Waals surface area contributed by atoms with Gasteiger partial charge in [0.25, 0.3) is 0 Å². The number of nitrogens with one attached hydrogen (secondary N) is 3. The van der Waals surface area contributed by atoms with Crippen molar-refractivity contribution in [2.24, 2.45) is 17.4 Å². The number of aliphatic carboxylic acids is 1. The second-order valence-electron chi connectivity index (χ2n) is 8.21. The summed E-state index contributed by atoms with van der Waals surface area (Å²) in [5.74, 6) is -3.64. The molecule has 5 atom stereocenters. The molecule has 0 aromatic heterocycles. The fourth-order valence-corrected chi connectivity index (χ4v) is 3.30. The third-order valence-corrected chi connectivity index (χ3v) is 5.31. The molecule has 13 heteroatoms. The third-order valence-electron chi connectivity index (χ3n) is 4.67. The van der Waals surface area contributed by atoms with E-state index in [1.54, 1.807) is 13.8 Å². The SMILES string of the molecule is CSCCC(NC(=O)C(N)CCC(N)=O)C(=O)NC(C(=O)NC(CC(C)C)C(=O)O)C(C)O. The van der Waals surface area contributed by atoms with Crippen LogP contribution in [0.1, 0.15) is 46.5 Å². The van der Waals surface area contributed by atoms with Crippen molar-refractivity contribution < 1.29 is 34.2 Å². The van der Waals surface area contributed by atoms with Gasteiger partial charge in [-0.2, -0.15) is 11.8 Å². The minimum Gasteiger partial charge on any atom is -0.480 e. The lowest BCUT2D eigenvalue weighted by atomic mass is 10.0. The monoisotopic (exact) mass is 491 g/mol. The molecule has 4 amide bonds. The second kappa shape index (κ2) is 15.5. The van der Waals surface area contributed by atoms with Gasteiger partial charge < -0.3 is 37.6 Å². The summed E-state index contributed by atoms with van der Waals surface area (Å²) in [5.41, 5.74) is 10.8. The largest absolute Gasteiger partial charge is 0.480 e. The van der Waals surface area contributed by atoms with E-state index in [1.807, 2.05) is 6.26 Å². The Morgan fingerprint density at radius 1 is 0.909 bits per heavy atom. The molecule has 0 saturated carbocycles. The molecule has 0 aromatic carbocycles. The molecule has 0 radical (unpaired) electrons. The predicted molar refractivity (Wildman–Crippen MR) is 124 cm³/mol. The average molecular weight is 492 g/mol. The summed E-state index contributed by atoms with van der Waals surface area (Å²) in [5, 5.41) is 26.6. The summed E-state index contributed by atoms with van der Waals surface area (Å²) >= 11 is 1.43. The zero-order valence-corrected chi connectivity index (χ0v) is 20.3. The van der Waals surface area contributed by atoms with Gasteiger partial charge >= 0.3 is 5.97 Å². The Hall–Kier alpha value is -2.38. The number of amides is 4. The van der Waals surface area contributed by atoms with Gasteiger partial charge in [0.05, 0.1) is 12.1 Å². The summed E-state index contributed by atoms with van der Waals surface area (Å²) in [6.45, 7) is 4.87. The van der Waals surface area contributed by atoms with Gasteiger partial charge in [-0.05, 0) is 44.1 Å². The summed E-state index contributed by atoms with van der Waals surface area (Å²) in [4.78, 5) is 60.1. The molecule has 5 unspecified atom stereocenters. The number of primary amides is 1. The van der Waals surface area contributed by atoms with Crippen LogP contribution in [0.5, 0.6) is 0 Å². The number of aliphatic hydroxyl groups excluding tert-OH is 1. The van der Waals surface area contributed by atoms with Gasteiger partial charge in [0.2, 0.25) is 23.6 Å². The van der Waals surface area contributed by atoms with Crippen LogP contribution in [0.2, 0.25) is 0 Å². The third kappa shape index (κ3) is 12.4. The van der Waals surface area contributed by atoms with Crippen molar-refractivity contribution in [2.75, 3.05) is 12.0 Å². The Balaban J connectivity index is 5.35. The second-order valence-corrected chi connectivity index (χ2v) is 9.20. The van der Waals surface area contributed by atoms with E-state index in [1.165, 1.54) is 18.7 Å². The van der Waals surface area contributed by atoms with Crippen LogP contribution < -0.4 is 27.4 Å². The summed E-state index contributed by atoms with van der Waals surface area (Å²) < 4.78 is 0. The van der Waals surface area contributed by atoms with E-state index in [0.29, 0.717) is 5.75 Å². The number of rotatable bonds is 16. The molecular weight excluding hydrogens is 454 g/mol. The molecular formula is C20H37N5O7S. The highest BCUT2D eigenvalue weighted by molar-refractivity contribution is 7.98. The van der Waals surface area contributed by atoms with Crippen LogP contribution in [0, 0.1) is 5.92 Å². The highest BCUT2D eigenvalue weighted by Gasteiger charge is 2.32. The zero-order chi connectivity index (χ0) is 25.7. The van der Waals surface area contributed by atoms with E-state index in [2.05, 4.69) is 16.0 Å². The molecule has 0 rings (SSSR count). The van der Waals surface area contributed by atoms with Crippen LogP contribution in [0.15, 0.2) is 0 Å². The fourth-order valence-electron chi connectivity index (χ4n) is 2.83. The lowest BCUT2D eigenvalue weighted by molar-refractivity contribution is -0.143. The summed E-state index contributed by atoms with van der Waals surface area (Å²) in [6, 6.07) is -4.76. The number of thioether (sulfide) groups is 1. The standard InChI is InChI=1S/C20H37N5O7S/c1-10(2)9-14(20(31)32)24-19(30)16(11(3)26)25-18(29)13(7-8-33-4)23-17(28)12(21)5-6-15(22)27/h10-14,16,26H,5-9,21H2,1-4H3,(H2,22,27)(H,23,28)(H,24,30)(H,25,29)(H,31,32). The first kappa shape index (κ1) is 30.6. The molecule has 0 bridgehead atoms. The van der Waals surface area contributed by atoms with Gasteiger partial charge in [-0.25, -0.2) is 4.79 Å². The molecule has 0 aliphatic carbocycles. The van der Waals surface area contributed by atoms with Crippen molar-refractivity contribution in [1.82, 2.24) is 16.0 Å². The lowest BCUT2D eigenvalue weighted by Gasteiger charge is -2.26. The first-order valence-electron chi connectivity index (χ1n) is 10.6. The summed E-state index contributed by atoms with van der Waals surface area (Å²) in [6.07, 6.45) is 0.752. The minimum absolute atomic E-state index is 0.00314. The number of carbonyl (C=O) groups is 5. The molecule has 190 valence electrons. The molecule has 9 N–H and O–H groups in total. The van der Waals surface area contributed by atoms with E-state index in [4.69, 9.17) is 11.5 Å². The quantitative estimate of drug-likeness (QED) is 0.131. The molecule has 0 heterocycles. The van der Waals surface area contributed by atoms with Crippen LogP contribution in [0.3, 0.4) is 0 Å². The molecule has 12 nitrogen and oxygen atoms in total. The van der Waals surface area contributed by atoms with E-state index < -0.39 is 59.9 Å². The van der Waals surface area contributed by atoms with Gasteiger partial charge in [-0.1, -0.05) is 13.8 Å². The zero-order valence-electron chi connectivity index (χ0n) is 19.5. The number of hydrogen-bond acceptors (Lipinski definition) is 8. The van der Waals surface area contributed by atoms with Crippen molar-refractivity contribution in [3.63, 3.8) is 0 Å². The lowest BCUT2D eigenvalue weighted by Crippen LogP contribution is -2.60. The fraction of sp³-hybridized carbons (Fsp3) is 0.750. The van der Waals surface area contributed by atoms with Crippen molar-refractivity contribution in [3.8, 4) is 0 Å². The van der Waals surface area contributed by atoms with Crippen molar-refractivity contribution >= 4 is 41.4 Å². The van der Waals surface area contributed by atoms with Gasteiger partial charge in [0, 0.05) is 6.42 Å². The summed E-state index contributed by atoms with van der Waals surface area (Å²) in [7, 11) is 0. The maximum Gasteiger partial charge on any atom is 0.326 e. The minimum atomic E-state index is -1.44. The van der Waals surface area contributed by atoms with Crippen LogP contribution in [-0.2, 0) is 24.0 Å². The highest BCUT2D eigenvalue weighted by Crippen LogP contribution is 2.07. The first-order chi connectivity index (χ1) is 15.3. The van der Waals surface area contributed by atoms with Gasteiger partial charge in [-0.15, -0.1) is 0 Å². The number of nitrogens with two attached hydrogens (primary N) is 2. The van der Waals surface area contributed by atoms with Crippen LogP contribution in [0.25, 0.3) is 0 Å². The average Bonchev–Trinajstić information content (AvgIpc) is 2.71. The van der Waals surface area contributed by atoms with Crippen molar-refractivity contribution in [1.29, 1.82) is 0 Å². The normalized spacial score (nSPS) is 15.6. The Labute approximate surface area is 198 Å². The maximum atomic E-state index is 12.8. The number of hydrogen-bond donors (Lipinski definition) is 7. The molecule has 0 aliphatic heterocycles. The van der Waals surface area contributed by atoms with E-state index >= 15 is 0 Å². The molecule has 0 aromatic rings. The molecule has 33 heavy (non-hydrogen) atoms. The number of carboxylic acids is 1. The van der Waals surface area contributed by atoms with E-state index in [9.17, 15) is 34.2 Å². The molecule has 0 saturated heterocycles. The molecule has 0 aliphatic rings. The van der Waals surface area contributed by atoms with Crippen molar-refractivity contribution in [3.05, 3.63) is 0 Å². The topological polar surface area (TPSA) is 214 Å². The van der Waals surface area contributed by atoms with Crippen molar-refractivity contribution in [2.45, 2.75) is 76.7 Å². The number of carboxylic acid groups (broad SMARTS) is 1. The Morgan fingerprint density at radius 2 is 1.48 bits per heavy atom. The molecule has 0 fully saturated rings. The number of aliphatic hydroxyl groups is 1. The Morgan fingerprint density at radius 3 is 1.94 bits per heavy atom. The Kier molecular flexibility index (Phi) is 14.3. The predicted octanol–water partition coefficient (Wildman–Crippen LogP) is -1.70. The van der Waals surface area contributed by atoms with Gasteiger partial charge in [-0.3, -0.25) is 19.2 Å². The van der Waals surface area contributed by atoms with E-state index in [-0.39, 0.29) is 31.6 Å². The van der Waals surface area contributed by atoms with Gasteiger partial charge in [0.15, 0.2) is 0 Å². The number of carbonyl (C=O) groups excluding carboxylic acids is 4. The molecule has 0 spiro atoms. The smallest absolute Gasteiger partial charge is 0.326 e. The Bertz CT molecular complexity index is 690. The first-order valence-corrected chi connectivity index (χ1v) is 12.0.